The fourth-order valence-electron chi connectivity index (χ4n) is 2.08. The van der Waals surface area contributed by atoms with Crippen molar-refractivity contribution in [2.45, 2.75) is 64.1 Å². The van der Waals surface area contributed by atoms with Gasteiger partial charge in [-0.3, -0.25) is 0 Å². The first-order valence-corrected chi connectivity index (χ1v) is 12.7. The molecule has 0 amide bonds. The fourth-order valence-corrected chi connectivity index (χ4v) is 3.58. The number of rotatable bonds is 10. The van der Waals surface area contributed by atoms with E-state index >= 15 is 0 Å². The summed E-state index contributed by atoms with van der Waals surface area (Å²) in [6.45, 7) is 11.3. The lowest BCUT2D eigenvalue weighted by Gasteiger charge is -2.39. The van der Waals surface area contributed by atoms with Gasteiger partial charge in [-0.15, -0.1) is 0 Å². The molecule has 1 aromatic rings. The first-order valence-electron chi connectivity index (χ1n) is 8.71. The Morgan fingerprint density at radius 2 is 1.80 bits per heavy atom. The second-order valence-electron chi connectivity index (χ2n) is 7.68. The molecule has 0 unspecified atom stereocenters. The molecule has 2 atom stereocenters. The lowest BCUT2D eigenvalue weighted by Crippen LogP contribution is -2.48. The Bertz CT molecular complexity index is 538. The monoisotopic (exact) mass is 426 g/mol. The zero-order chi connectivity index (χ0) is 18.9. The maximum absolute atomic E-state index is 11.8. The SMILES string of the molecule is CC(C)(C)[Si](C)(C)O[C@@H](C=O)[C@H](C/C=C/CBr)OCc1ccccc1. The van der Waals surface area contributed by atoms with Crippen LogP contribution < -0.4 is 0 Å². The van der Waals surface area contributed by atoms with Gasteiger partial charge in [0.25, 0.3) is 0 Å². The van der Waals surface area contributed by atoms with E-state index in [2.05, 4.69) is 49.8 Å². The van der Waals surface area contributed by atoms with Crippen molar-refractivity contribution in [3.05, 3.63) is 48.0 Å². The summed E-state index contributed by atoms with van der Waals surface area (Å²) < 4.78 is 12.4. The summed E-state index contributed by atoms with van der Waals surface area (Å²) in [5, 5.41) is 0.831. The Morgan fingerprint density at radius 1 is 1.16 bits per heavy atom. The number of hydrogen-bond acceptors (Lipinski definition) is 3. The van der Waals surface area contributed by atoms with Crippen molar-refractivity contribution < 1.29 is 14.0 Å². The molecule has 0 aromatic heterocycles. The summed E-state index contributed by atoms with van der Waals surface area (Å²) in [6.07, 6.45) is 4.77. The molecule has 0 spiro atoms. The van der Waals surface area contributed by atoms with Crippen LogP contribution >= 0.6 is 15.9 Å². The molecule has 0 bridgehead atoms. The molecular weight excluding hydrogens is 396 g/mol. The molecule has 0 radical (unpaired) electrons. The van der Waals surface area contributed by atoms with E-state index in [1.165, 1.54) is 0 Å². The summed E-state index contributed by atoms with van der Waals surface area (Å²) in [6, 6.07) is 10.0. The number of allylic oxidation sites excluding steroid dienone is 1. The van der Waals surface area contributed by atoms with E-state index in [0.29, 0.717) is 13.0 Å². The molecular formula is C20H31BrO3Si. The maximum Gasteiger partial charge on any atom is 0.193 e. The van der Waals surface area contributed by atoms with Crippen molar-refractivity contribution in [1.82, 2.24) is 0 Å². The van der Waals surface area contributed by atoms with E-state index in [1.54, 1.807) is 0 Å². The summed E-state index contributed by atoms with van der Waals surface area (Å²) in [5.41, 5.74) is 1.09. The summed E-state index contributed by atoms with van der Waals surface area (Å²) in [4.78, 5) is 11.8. The number of hydrogen-bond donors (Lipinski definition) is 0. The highest BCUT2D eigenvalue weighted by Gasteiger charge is 2.40. The van der Waals surface area contributed by atoms with Crippen molar-refractivity contribution in [2.75, 3.05) is 5.33 Å². The Hall–Kier alpha value is -0.753. The number of ether oxygens (including phenoxy) is 1. The van der Waals surface area contributed by atoms with Gasteiger partial charge in [0.05, 0.1) is 12.7 Å². The minimum atomic E-state index is -2.05. The predicted octanol–water partition coefficient (Wildman–Crippen LogP) is 5.50. The normalized spacial score (nSPS) is 15.3. The first kappa shape index (κ1) is 22.3. The topological polar surface area (TPSA) is 35.5 Å². The highest BCUT2D eigenvalue weighted by molar-refractivity contribution is 9.09. The molecule has 0 aliphatic carbocycles. The second-order valence-corrected chi connectivity index (χ2v) is 13.1. The summed E-state index contributed by atoms with van der Waals surface area (Å²) in [5.74, 6) is 0. The van der Waals surface area contributed by atoms with Gasteiger partial charge in [0.15, 0.2) is 8.32 Å². The smallest absolute Gasteiger partial charge is 0.193 e. The second kappa shape index (κ2) is 10.4. The lowest BCUT2D eigenvalue weighted by atomic mass is 10.1. The molecule has 0 heterocycles. The molecule has 1 aromatic carbocycles. The van der Waals surface area contributed by atoms with Gasteiger partial charge >= 0.3 is 0 Å². The summed E-state index contributed by atoms with van der Waals surface area (Å²) >= 11 is 3.38. The number of alkyl halides is 1. The number of aldehydes is 1. The molecule has 25 heavy (non-hydrogen) atoms. The van der Waals surface area contributed by atoms with Gasteiger partial charge in [0.1, 0.15) is 12.4 Å². The molecule has 1 rings (SSSR count). The van der Waals surface area contributed by atoms with Gasteiger partial charge in [-0.05, 0) is 30.1 Å². The zero-order valence-corrected chi connectivity index (χ0v) is 18.6. The molecule has 0 fully saturated rings. The van der Waals surface area contributed by atoms with Crippen molar-refractivity contribution >= 4 is 30.5 Å². The van der Waals surface area contributed by atoms with Crippen LogP contribution in [0.15, 0.2) is 42.5 Å². The van der Waals surface area contributed by atoms with Crippen LogP contribution in [0.2, 0.25) is 18.1 Å². The minimum Gasteiger partial charge on any atom is -0.405 e. The van der Waals surface area contributed by atoms with Crippen molar-refractivity contribution in [3.63, 3.8) is 0 Å². The van der Waals surface area contributed by atoms with Crippen LogP contribution in [0.4, 0.5) is 0 Å². The van der Waals surface area contributed by atoms with Crippen molar-refractivity contribution in [1.29, 1.82) is 0 Å². The van der Waals surface area contributed by atoms with Crippen LogP contribution in [0.3, 0.4) is 0 Å². The van der Waals surface area contributed by atoms with E-state index in [-0.39, 0.29) is 11.1 Å². The van der Waals surface area contributed by atoms with Crippen LogP contribution in [0.1, 0.15) is 32.8 Å². The van der Waals surface area contributed by atoms with Gasteiger partial charge in [-0.2, -0.15) is 0 Å². The Morgan fingerprint density at radius 3 is 2.32 bits per heavy atom. The first-order chi connectivity index (χ1) is 11.7. The Balaban J connectivity index is 2.86. The zero-order valence-electron chi connectivity index (χ0n) is 16.0. The highest BCUT2D eigenvalue weighted by atomic mass is 79.9. The number of carbonyl (C=O) groups is 1. The quantitative estimate of drug-likeness (QED) is 0.214. The minimum absolute atomic E-state index is 0.0456. The third kappa shape index (κ3) is 7.56. The average Bonchev–Trinajstić information content (AvgIpc) is 2.56. The molecule has 0 aliphatic rings. The summed E-state index contributed by atoms with van der Waals surface area (Å²) in [7, 11) is -2.05. The average molecular weight is 427 g/mol. The Labute approximate surface area is 162 Å². The van der Waals surface area contributed by atoms with Gasteiger partial charge < -0.3 is 14.0 Å². The van der Waals surface area contributed by atoms with E-state index in [4.69, 9.17) is 9.16 Å². The van der Waals surface area contributed by atoms with Crippen LogP contribution in [0, 0.1) is 0 Å². The number of benzene rings is 1. The van der Waals surface area contributed by atoms with Gasteiger partial charge in [-0.1, -0.05) is 79.2 Å². The molecule has 0 aliphatic heterocycles. The molecule has 0 saturated heterocycles. The van der Waals surface area contributed by atoms with Crippen molar-refractivity contribution in [2.24, 2.45) is 0 Å². The third-order valence-electron chi connectivity index (χ3n) is 4.67. The van der Waals surface area contributed by atoms with E-state index in [0.717, 1.165) is 17.2 Å². The van der Waals surface area contributed by atoms with Crippen LogP contribution in [0.25, 0.3) is 0 Å². The highest BCUT2D eigenvalue weighted by Crippen LogP contribution is 2.37. The van der Waals surface area contributed by atoms with E-state index < -0.39 is 14.4 Å². The standard InChI is InChI=1S/C20H31BrO3Si/c1-20(2,3)25(4,5)24-19(15-22)18(13-9-10-14-21)23-16-17-11-7-6-8-12-17/h6-12,15,18-19H,13-14,16H2,1-5H3/b10-9+/t18-,19-/m0/s1. The molecule has 3 nitrogen and oxygen atoms in total. The van der Waals surface area contributed by atoms with Gasteiger partial charge in [0, 0.05) is 5.33 Å². The molecule has 0 saturated carbocycles. The van der Waals surface area contributed by atoms with Gasteiger partial charge in [0.2, 0.25) is 0 Å². The largest absolute Gasteiger partial charge is 0.405 e. The predicted molar refractivity (Wildman–Crippen MR) is 111 cm³/mol. The fraction of sp³-hybridized carbons (Fsp3) is 0.550. The van der Waals surface area contributed by atoms with Crippen molar-refractivity contribution in [3.8, 4) is 0 Å². The van der Waals surface area contributed by atoms with Gasteiger partial charge in [-0.25, -0.2) is 0 Å². The van der Waals surface area contributed by atoms with Crippen LogP contribution in [-0.4, -0.2) is 32.1 Å². The molecule has 5 heteroatoms. The third-order valence-corrected chi connectivity index (χ3v) is 9.52. The molecule has 0 N–H and O–H groups in total. The van der Waals surface area contributed by atoms with E-state index in [9.17, 15) is 4.79 Å². The van der Waals surface area contributed by atoms with E-state index in [1.807, 2.05) is 42.5 Å². The Kier molecular flexibility index (Phi) is 9.28. The maximum atomic E-state index is 11.8. The van der Waals surface area contributed by atoms with Crippen LogP contribution in [0.5, 0.6) is 0 Å². The number of halogens is 1. The number of carbonyl (C=O) groups excluding carboxylic acids is 1. The van der Waals surface area contributed by atoms with Crippen LogP contribution in [-0.2, 0) is 20.6 Å². The molecule has 140 valence electrons. The lowest BCUT2D eigenvalue weighted by molar-refractivity contribution is -0.122.